The molecular weight excluding hydrogens is 397 g/mol. The Balaban J connectivity index is 1.49. The molecule has 6 nitrogen and oxygen atoms in total. The molecule has 2 aliphatic heterocycles. The van der Waals surface area contributed by atoms with Gasteiger partial charge >= 0.3 is 6.18 Å². The highest BCUT2D eigenvalue weighted by Gasteiger charge is 2.48. The molecule has 0 radical (unpaired) electrons. The fraction of sp³-hybridized carbons (Fsp3) is 0.500. The highest BCUT2D eigenvalue weighted by Crippen LogP contribution is 2.43. The van der Waals surface area contributed by atoms with Crippen LogP contribution in [0.3, 0.4) is 0 Å². The van der Waals surface area contributed by atoms with Crippen molar-refractivity contribution >= 4 is 5.91 Å². The first kappa shape index (κ1) is 19.7. The van der Waals surface area contributed by atoms with Crippen molar-refractivity contribution in [3.8, 4) is 0 Å². The molecule has 3 heterocycles. The maximum Gasteiger partial charge on any atom is 0.451 e. The summed E-state index contributed by atoms with van der Waals surface area (Å²) in [5, 5.41) is 6.94. The monoisotopic (exact) mass is 415 g/mol. The minimum atomic E-state index is -4.62. The average molecular weight is 415 g/mol. The molecule has 1 aromatic heterocycles. The summed E-state index contributed by atoms with van der Waals surface area (Å²) in [5.74, 6) is -2.50. The first-order valence-electron chi connectivity index (χ1n) is 9.16. The van der Waals surface area contributed by atoms with Crippen molar-refractivity contribution in [1.29, 1.82) is 0 Å². The molecule has 1 saturated heterocycles. The minimum Gasteiger partial charge on any atom is -0.328 e. The second-order valence-electron chi connectivity index (χ2n) is 7.44. The Bertz CT molecular complexity index is 943. The number of nitrogens with two attached hydrogens (primary N) is 1. The lowest BCUT2D eigenvalue weighted by Gasteiger charge is -2.36. The number of benzene rings is 1. The van der Waals surface area contributed by atoms with Crippen molar-refractivity contribution in [2.75, 3.05) is 0 Å². The van der Waals surface area contributed by atoms with Gasteiger partial charge in [0.15, 0.2) is 5.82 Å². The molecule has 0 aliphatic carbocycles. The van der Waals surface area contributed by atoms with Gasteiger partial charge in [0.1, 0.15) is 11.6 Å². The minimum absolute atomic E-state index is 0.0345. The standard InChI is InChI=1S/C18H18F5N5O/c19-10-1-3-13(20)9(5-10)6-11(24)7-15(29)28-12-2-4-14(28)16-25-26-17(18(21,22)23)27(16)8-12/h1,3,5,11-12,14H,2,4,6-8,24H2/t11-,12-,14?/m1/s1. The van der Waals surface area contributed by atoms with E-state index in [1.165, 1.54) is 4.90 Å². The van der Waals surface area contributed by atoms with E-state index in [2.05, 4.69) is 10.2 Å². The lowest BCUT2D eigenvalue weighted by molar-refractivity contribution is -0.148. The smallest absolute Gasteiger partial charge is 0.328 e. The van der Waals surface area contributed by atoms with Gasteiger partial charge in [-0.15, -0.1) is 10.2 Å². The molecule has 1 amide bonds. The van der Waals surface area contributed by atoms with E-state index in [1.807, 2.05) is 0 Å². The molecule has 0 saturated carbocycles. The van der Waals surface area contributed by atoms with Crippen LogP contribution in [0.15, 0.2) is 18.2 Å². The number of hydrogen-bond donors (Lipinski definition) is 1. The van der Waals surface area contributed by atoms with E-state index in [0.717, 1.165) is 22.8 Å². The summed E-state index contributed by atoms with van der Waals surface area (Å²) in [6, 6.07) is 1.26. The maximum absolute atomic E-state index is 13.8. The van der Waals surface area contributed by atoms with Gasteiger partial charge in [0.2, 0.25) is 11.7 Å². The fourth-order valence-corrected chi connectivity index (χ4v) is 4.24. The van der Waals surface area contributed by atoms with Gasteiger partial charge in [0.25, 0.3) is 0 Å². The summed E-state index contributed by atoms with van der Waals surface area (Å²) >= 11 is 0. The highest BCUT2D eigenvalue weighted by molar-refractivity contribution is 5.78. The van der Waals surface area contributed by atoms with Crippen molar-refractivity contribution in [3.05, 3.63) is 47.0 Å². The summed E-state index contributed by atoms with van der Waals surface area (Å²) in [6.45, 7) is -0.0345. The number of aromatic nitrogens is 3. The molecular formula is C18H18F5N5O. The molecule has 0 spiro atoms. The SMILES string of the molecule is N[C@@H](CC(=O)N1C2CC[C@@H]1Cn1c2nnc1C(F)(F)F)Cc1cc(F)ccc1F. The number of alkyl halides is 3. The molecule has 4 rings (SSSR count). The van der Waals surface area contributed by atoms with Crippen LogP contribution in [0.1, 0.15) is 42.5 Å². The van der Waals surface area contributed by atoms with Gasteiger partial charge in [-0.2, -0.15) is 13.2 Å². The van der Waals surface area contributed by atoms with Gasteiger partial charge < -0.3 is 15.2 Å². The number of fused-ring (bicyclic) bond motifs is 4. The zero-order chi connectivity index (χ0) is 20.9. The Hall–Kier alpha value is -2.56. The van der Waals surface area contributed by atoms with E-state index < -0.39 is 41.8 Å². The molecule has 2 aliphatic rings. The van der Waals surface area contributed by atoms with Crippen LogP contribution in [0.4, 0.5) is 22.0 Å². The van der Waals surface area contributed by atoms with E-state index in [1.54, 1.807) is 0 Å². The van der Waals surface area contributed by atoms with E-state index >= 15 is 0 Å². The average Bonchev–Trinajstić information content (AvgIpc) is 3.19. The first-order chi connectivity index (χ1) is 13.6. The van der Waals surface area contributed by atoms with Crippen molar-refractivity contribution < 1.29 is 26.7 Å². The van der Waals surface area contributed by atoms with E-state index in [9.17, 15) is 26.7 Å². The number of amides is 1. The highest BCUT2D eigenvalue weighted by atomic mass is 19.4. The van der Waals surface area contributed by atoms with Crippen molar-refractivity contribution in [1.82, 2.24) is 19.7 Å². The van der Waals surface area contributed by atoms with Crippen LogP contribution >= 0.6 is 0 Å². The topological polar surface area (TPSA) is 77.0 Å². The lowest BCUT2D eigenvalue weighted by atomic mass is 10.0. The summed E-state index contributed by atoms with van der Waals surface area (Å²) in [4.78, 5) is 14.3. The second kappa shape index (κ2) is 7.05. The molecule has 2 aromatic rings. The van der Waals surface area contributed by atoms with E-state index in [4.69, 9.17) is 5.73 Å². The third kappa shape index (κ3) is 3.59. The van der Waals surface area contributed by atoms with Crippen LogP contribution in [-0.2, 0) is 23.9 Å². The Labute approximate surface area is 162 Å². The Kier molecular flexibility index (Phi) is 4.80. The van der Waals surface area contributed by atoms with Gasteiger partial charge in [-0.3, -0.25) is 4.79 Å². The van der Waals surface area contributed by atoms with Crippen LogP contribution in [0.2, 0.25) is 0 Å². The Morgan fingerprint density at radius 3 is 2.72 bits per heavy atom. The predicted molar refractivity (Wildman–Crippen MR) is 90.3 cm³/mol. The van der Waals surface area contributed by atoms with Gasteiger partial charge in [0.05, 0.1) is 12.1 Å². The van der Waals surface area contributed by atoms with Crippen molar-refractivity contribution in [3.63, 3.8) is 0 Å². The molecule has 2 N–H and O–H groups in total. The molecule has 11 heteroatoms. The van der Waals surface area contributed by atoms with Crippen molar-refractivity contribution in [2.24, 2.45) is 5.73 Å². The maximum atomic E-state index is 13.8. The Morgan fingerprint density at radius 2 is 2.00 bits per heavy atom. The summed E-state index contributed by atoms with van der Waals surface area (Å²) in [6.07, 6.45) is -3.75. The number of hydrogen-bond acceptors (Lipinski definition) is 4. The molecule has 1 unspecified atom stereocenters. The van der Waals surface area contributed by atoms with E-state index in [-0.39, 0.29) is 36.7 Å². The first-order valence-corrected chi connectivity index (χ1v) is 9.16. The predicted octanol–water partition coefficient (Wildman–Crippen LogP) is 2.58. The number of halogens is 5. The summed E-state index contributed by atoms with van der Waals surface area (Å²) < 4.78 is 67.4. The van der Waals surface area contributed by atoms with Crippen LogP contribution in [0, 0.1) is 11.6 Å². The van der Waals surface area contributed by atoms with E-state index in [0.29, 0.717) is 12.8 Å². The summed E-state index contributed by atoms with van der Waals surface area (Å²) in [5.41, 5.74) is 6.05. The molecule has 1 fully saturated rings. The molecule has 2 bridgehead atoms. The number of nitrogens with zero attached hydrogens (tertiary/aromatic N) is 4. The largest absolute Gasteiger partial charge is 0.451 e. The zero-order valence-electron chi connectivity index (χ0n) is 15.2. The third-order valence-electron chi connectivity index (χ3n) is 5.44. The quantitative estimate of drug-likeness (QED) is 0.779. The second-order valence-corrected chi connectivity index (χ2v) is 7.44. The molecule has 1 aromatic carbocycles. The number of carbonyl (C=O) groups is 1. The van der Waals surface area contributed by atoms with Crippen LogP contribution in [0.5, 0.6) is 0 Å². The lowest BCUT2D eigenvalue weighted by Crippen LogP contribution is -2.46. The van der Waals surface area contributed by atoms with Gasteiger partial charge in [-0.05, 0) is 43.0 Å². The third-order valence-corrected chi connectivity index (χ3v) is 5.44. The van der Waals surface area contributed by atoms with Crippen molar-refractivity contribution in [2.45, 2.75) is 56.5 Å². The van der Waals surface area contributed by atoms with Gasteiger partial charge in [-0.25, -0.2) is 8.78 Å². The molecule has 29 heavy (non-hydrogen) atoms. The normalized spacial score (nSPS) is 21.9. The zero-order valence-corrected chi connectivity index (χ0v) is 15.2. The van der Waals surface area contributed by atoms with Gasteiger partial charge in [0, 0.05) is 19.0 Å². The van der Waals surface area contributed by atoms with Crippen LogP contribution in [-0.4, -0.2) is 37.7 Å². The van der Waals surface area contributed by atoms with Crippen LogP contribution in [0.25, 0.3) is 0 Å². The summed E-state index contributed by atoms with van der Waals surface area (Å²) in [7, 11) is 0. The Morgan fingerprint density at radius 1 is 1.24 bits per heavy atom. The molecule has 3 atom stereocenters. The van der Waals surface area contributed by atoms with Gasteiger partial charge in [-0.1, -0.05) is 0 Å². The fourth-order valence-electron chi connectivity index (χ4n) is 4.24. The van der Waals surface area contributed by atoms with Crippen LogP contribution < -0.4 is 5.73 Å². The molecule has 156 valence electrons. The number of rotatable bonds is 4. The number of carbonyl (C=O) groups excluding carboxylic acids is 1.